The topological polar surface area (TPSA) is 82.5 Å². The monoisotopic (exact) mass is 377 g/mol. The predicted molar refractivity (Wildman–Crippen MR) is 99.4 cm³/mol. The highest BCUT2D eigenvalue weighted by atomic mass is 32.2. The summed E-state index contributed by atoms with van der Waals surface area (Å²) in [5.41, 5.74) is 0.898. The molecule has 2 amide bonds. The van der Waals surface area contributed by atoms with E-state index in [4.69, 9.17) is 0 Å². The number of likely N-dealkylation sites (tertiary alicyclic amines) is 1. The Hall–Kier alpha value is -1.80. The van der Waals surface area contributed by atoms with E-state index >= 15 is 0 Å². The van der Waals surface area contributed by atoms with Gasteiger partial charge in [-0.3, -0.25) is 4.79 Å². The molecule has 0 bridgehead atoms. The molecule has 2 heterocycles. The second-order valence-electron chi connectivity index (χ2n) is 6.73. The fourth-order valence-electron chi connectivity index (χ4n) is 4.06. The van der Waals surface area contributed by atoms with Gasteiger partial charge >= 0.3 is 12.0 Å². The maximum absolute atomic E-state index is 12.6. The molecule has 1 saturated heterocycles. The van der Waals surface area contributed by atoms with Crippen LogP contribution in [0, 0.1) is 11.3 Å². The number of amides is 2. The Kier molecular flexibility index (Phi) is 4.11. The fraction of sp³-hybridized carbons (Fsp3) is 0.471. The number of thiazole rings is 1. The summed E-state index contributed by atoms with van der Waals surface area (Å²) in [4.78, 5) is 30.5. The number of hydrogen-bond donors (Lipinski definition) is 2. The van der Waals surface area contributed by atoms with Gasteiger partial charge in [0.2, 0.25) is 0 Å². The van der Waals surface area contributed by atoms with Gasteiger partial charge in [-0.1, -0.05) is 18.2 Å². The number of rotatable bonds is 3. The highest BCUT2D eigenvalue weighted by Crippen LogP contribution is 2.49. The molecule has 2 aromatic rings. The van der Waals surface area contributed by atoms with Crippen LogP contribution in [-0.2, 0) is 4.79 Å². The van der Waals surface area contributed by atoms with Crippen LogP contribution in [0.4, 0.5) is 10.5 Å². The lowest BCUT2D eigenvalue weighted by atomic mass is 9.81. The van der Waals surface area contributed by atoms with Crippen molar-refractivity contribution in [2.45, 2.75) is 23.6 Å². The molecule has 1 saturated carbocycles. The van der Waals surface area contributed by atoms with Crippen molar-refractivity contribution < 1.29 is 14.7 Å². The zero-order valence-corrected chi connectivity index (χ0v) is 15.5. The molecule has 8 heteroatoms. The molecule has 0 unspecified atom stereocenters. The lowest BCUT2D eigenvalue weighted by Crippen LogP contribution is -2.38. The van der Waals surface area contributed by atoms with Crippen LogP contribution >= 0.6 is 23.1 Å². The zero-order chi connectivity index (χ0) is 17.6. The first-order chi connectivity index (χ1) is 12.0. The van der Waals surface area contributed by atoms with E-state index in [0.29, 0.717) is 19.5 Å². The van der Waals surface area contributed by atoms with Crippen LogP contribution in [0.1, 0.15) is 19.3 Å². The number of benzene rings is 1. The van der Waals surface area contributed by atoms with Crippen molar-refractivity contribution in [3.8, 4) is 0 Å². The number of anilines is 1. The number of nitrogens with zero attached hydrogens (tertiary/aromatic N) is 2. The third-order valence-electron chi connectivity index (χ3n) is 5.38. The Morgan fingerprint density at radius 1 is 1.48 bits per heavy atom. The molecule has 2 N–H and O–H groups in total. The van der Waals surface area contributed by atoms with Crippen LogP contribution < -0.4 is 5.32 Å². The molecule has 25 heavy (non-hydrogen) atoms. The quantitative estimate of drug-likeness (QED) is 0.796. The second kappa shape index (κ2) is 6.17. The van der Waals surface area contributed by atoms with Gasteiger partial charge in [0.25, 0.3) is 0 Å². The third kappa shape index (κ3) is 2.77. The summed E-state index contributed by atoms with van der Waals surface area (Å²) in [6, 6.07) is 5.45. The fourth-order valence-corrected chi connectivity index (χ4v) is 5.59. The van der Waals surface area contributed by atoms with Gasteiger partial charge in [0, 0.05) is 18.8 Å². The van der Waals surface area contributed by atoms with Crippen molar-refractivity contribution in [1.29, 1.82) is 0 Å². The van der Waals surface area contributed by atoms with E-state index in [-0.39, 0.29) is 11.9 Å². The molecule has 1 aromatic heterocycles. The summed E-state index contributed by atoms with van der Waals surface area (Å²) in [7, 11) is 0. The van der Waals surface area contributed by atoms with Gasteiger partial charge in [-0.15, -0.1) is 11.3 Å². The molecule has 1 aliphatic carbocycles. The zero-order valence-electron chi connectivity index (χ0n) is 13.8. The van der Waals surface area contributed by atoms with Crippen LogP contribution in [0.15, 0.2) is 22.5 Å². The van der Waals surface area contributed by atoms with Gasteiger partial charge in [-0.05, 0) is 43.2 Å². The predicted octanol–water partition coefficient (Wildman–Crippen LogP) is 3.74. The molecular formula is C17H19N3O3S2. The number of carboxylic acids is 1. The molecule has 1 aromatic carbocycles. The van der Waals surface area contributed by atoms with Gasteiger partial charge in [0.1, 0.15) is 0 Å². The standard InChI is InChI=1S/C17H19N3O3S2/c1-24-16-19-12-5-4-11(7-13(12)25-16)18-15(23)20-8-10-3-2-6-17(10,9-20)14(21)22/h4-5,7,10H,2-3,6,8-9H2,1H3,(H,18,23)(H,21,22)/t10-,17+/m0/s1. The van der Waals surface area contributed by atoms with E-state index in [1.165, 1.54) is 0 Å². The van der Waals surface area contributed by atoms with Crippen LogP contribution in [0.3, 0.4) is 0 Å². The number of hydrogen-bond acceptors (Lipinski definition) is 5. The summed E-state index contributed by atoms with van der Waals surface area (Å²) in [6.45, 7) is 0.829. The summed E-state index contributed by atoms with van der Waals surface area (Å²) < 4.78 is 2.02. The molecule has 6 nitrogen and oxygen atoms in total. The number of nitrogens with one attached hydrogen (secondary N) is 1. The lowest BCUT2D eigenvalue weighted by Gasteiger charge is -2.23. The number of aromatic nitrogens is 1. The van der Waals surface area contributed by atoms with E-state index in [1.807, 2.05) is 24.5 Å². The molecule has 2 atom stereocenters. The first kappa shape index (κ1) is 16.7. The van der Waals surface area contributed by atoms with Crippen LogP contribution in [0.5, 0.6) is 0 Å². The van der Waals surface area contributed by atoms with Gasteiger partial charge in [0.15, 0.2) is 4.34 Å². The first-order valence-corrected chi connectivity index (χ1v) is 10.3. The Bertz CT molecular complexity index is 853. The SMILES string of the molecule is CSc1nc2ccc(NC(=O)N3C[C@@H]4CCC[C@@]4(C(=O)O)C3)cc2s1. The van der Waals surface area contributed by atoms with Crippen molar-refractivity contribution in [3.63, 3.8) is 0 Å². The number of carboxylic acid groups (broad SMARTS) is 1. The smallest absolute Gasteiger partial charge is 0.321 e. The van der Waals surface area contributed by atoms with Gasteiger partial charge in [0.05, 0.1) is 15.6 Å². The highest BCUT2D eigenvalue weighted by Gasteiger charge is 2.55. The van der Waals surface area contributed by atoms with Gasteiger partial charge in [-0.2, -0.15) is 0 Å². The Morgan fingerprint density at radius 2 is 2.32 bits per heavy atom. The van der Waals surface area contributed by atoms with Crippen LogP contribution in [0.2, 0.25) is 0 Å². The molecule has 0 radical (unpaired) electrons. The minimum absolute atomic E-state index is 0.0730. The van der Waals surface area contributed by atoms with Crippen molar-refractivity contribution >= 4 is 51.0 Å². The van der Waals surface area contributed by atoms with Crippen molar-refractivity contribution in [2.24, 2.45) is 11.3 Å². The largest absolute Gasteiger partial charge is 0.481 e. The first-order valence-electron chi connectivity index (χ1n) is 8.26. The van der Waals surface area contributed by atoms with Crippen LogP contribution in [-0.4, -0.2) is 46.3 Å². The molecule has 4 rings (SSSR count). The minimum atomic E-state index is -0.763. The van der Waals surface area contributed by atoms with Gasteiger partial charge < -0.3 is 15.3 Å². The molecule has 1 aliphatic heterocycles. The number of thioether (sulfide) groups is 1. The number of carbonyl (C=O) groups excluding carboxylic acids is 1. The van der Waals surface area contributed by atoms with E-state index in [2.05, 4.69) is 10.3 Å². The van der Waals surface area contributed by atoms with Crippen molar-refractivity contribution in [3.05, 3.63) is 18.2 Å². The van der Waals surface area contributed by atoms with Crippen molar-refractivity contribution in [1.82, 2.24) is 9.88 Å². The average Bonchev–Trinajstić information content (AvgIpc) is 3.25. The highest BCUT2D eigenvalue weighted by molar-refractivity contribution is 8.00. The molecule has 2 aliphatic rings. The second-order valence-corrected chi connectivity index (χ2v) is 8.81. The van der Waals surface area contributed by atoms with E-state index in [9.17, 15) is 14.7 Å². The molecule has 0 spiro atoms. The molecule has 2 fully saturated rings. The van der Waals surface area contributed by atoms with Crippen LogP contribution in [0.25, 0.3) is 10.2 Å². The lowest BCUT2D eigenvalue weighted by molar-refractivity contribution is -0.149. The number of urea groups is 1. The number of carbonyl (C=O) groups is 2. The van der Waals surface area contributed by atoms with E-state index < -0.39 is 11.4 Å². The maximum atomic E-state index is 12.6. The molecular weight excluding hydrogens is 358 g/mol. The summed E-state index contributed by atoms with van der Waals surface area (Å²) >= 11 is 3.20. The Balaban J connectivity index is 1.50. The molecule has 132 valence electrons. The summed E-state index contributed by atoms with van der Waals surface area (Å²) in [5, 5.41) is 12.6. The average molecular weight is 377 g/mol. The van der Waals surface area contributed by atoms with Gasteiger partial charge in [-0.25, -0.2) is 9.78 Å². The Labute approximate surface area is 153 Å². The Morgan fingerprint density at radius 3 is 3.04 bits per heavy atom. The summed E-state index contributed by atoms with van der Waals surface area (Å²) in [5.74, 6) is -0.690. The van der Waals surface area contributed by atoms with E-state index in [1.54, 1.807) is 28.0 Å². The number of aliphatic carboxylic acids is 1. The maximum Gasteiger partial charge on any atom is 0.321 e. The van der Waals surface area contributed by atoms with E-state index in [0.717, 1.165) is 33.1 Å². The normalized spacial score (nSPS) is 25.3. The number of fused-ring (bicyclic) bond motifs is 2. The summed E-state index contributed by atoms with van der Waals surface area (Å²) in [6.07, 6.45) is 4.48. The van der Waals surface area contributed by atoms with Crippen molar-refractivity contribution in [2.75, 3.05) is 24.7 Å². The third-order valence-corrected chi connectivity index (χ3v) is 7.38. The minimum Gasteiger partial charge on any atom is -0.481 e.